The number of fused-ring (bicyclic) bond motifs is 4. The minimum atomic E-state index is -3.78. The summed E-state index contributed by atoms with van der Waals surface area (Å²) in [6, 6.07) is 16.7. The Labute approximate surface area is 201 Å². The van der Waals surface area contributed by atoms with E-state index in [9.17, 15) is 28.4 Å². The standard InChI is InChI=1S/C24H23N4O6S/c29-23-7-3-6-21-17-12-16(14-27(21)23)13-26(15-17)35(33,34)19-10-8-18(9-11-19)25-24(30)20-4-1-2-5-22(20)28(31)32/h1-11,16-17,31H,12-15H2,(H,25,30)/q-1/t16-,17+/m0/s1. The molecular formula is C24H23N4O6S-. The van der Waals surface area contributed by atoms with Crippen molar-refractivity contribution in [3.63, 3.8) is 0 Å². The van der Waals surface area contributed by atoms with Crippen molar-refractivity contribution in [2.75, 3.05) is 23.6 Å². The van der Waals surface area contributed by atoms with E-state index in [4.69, 9.17) is 0 Å². The van der Waals surface area contributed by atoms with Gasteiger partial charge in [-0.2, -0.15) is 4.31 Å². The number of amides is 1. The Balaban J connectivity index is 1.33. The lowest BCUT2D eigenvalue weighted by molar-refractivity contribution is 0.102. The fourth-order valence-electron chi connectivity index (χ4n) is 4.94. The second-order valence-electron chi connectivity index (χ2n) is 8.79. The Bertz CT molecular complexity index is 1430. The monoisotopic (exact) mass is 495 g/mol. The Morgan fingerprint density at radius 2 is 1.74 bits per heavy atom. The van der Waals surface area contributed by atoms with E-state index in [0.717, 1.165) is 12.1 Å². The summed E-state index contributed by atoms with van der Waals surface area (Å²) in [7, 11) is -3.78. The lowest BCUT2D eigenvalue weighted by atomic mass is 9.84. The number of anilines is 2. The van der Waals surface area contributed by atoms with Gasteiger partial charge in [-0.15, -0.1) is 0 Å². The molecule has 182 valence electrons. The summed E-state index contributed by atoms with van der Waals surface area (Å²) in [5, 5.41) is 22.7. The van der Waals surface area contributed by atoms with Gasteiger partial charge in [0.1, 0.15) is 0 Å². The van der Waals surface area contributed by atoms with Crippen molar-refractivity contribution >= 4 is 27.3 Å². The van der Waals surface area contributed by atoms with Gasteiger partial charge in [0.2, 0.25) is 10.0 Å². The van der Waals surface area contributed by atoms with Crippen LogP contribution in [0, 0.1) is 11.1 Å². The maximum atomic E-state index is 13.4. The van der Waals surface area contributed by atoms with Gasteiger partial charge in [0, 0.05) is 43.0 Å². The zero-order valence-electron chi connectivity index (χ0n) is 18.6. The third-order valence-corrected chi connectivity index (χ3v) is 8.40. The van der Waals surface area contributed by atoms with Crippen LogP contribution in [0.15, 0.2) is 76.4 Å². The number of para-hydroxylation sites is 1. The van der Waals surface area contributed by atoms with E-state index in [1.165, 1.54) is 52.8 Å². The van der Waals surface area contributed by atoms with Gasteiger partial charge in [-0.1, -0.05) is 18.2 Å². The van der Waals surface area contributed by atoms with E-state index < -0.39 is 15.9 Å². The number of hydrogen-bond acceptors (Lipinski definition) is 7. The first-order valence-electron chi connectivity index (χ1n) is 11.1. The number of rotatable bonds is 5. The molecule has 0 spiro atoms. The molecule has 10 nitrogen and oxygen atoms in total. The first-order chi connectivity index (χ1) is 16.7. The number of carbonyl (C=O) groups excluding carboxylic acids is 1. The molecule has 2 atom stereocenters. The van der Waals surface area contributed by atoms with Crippen LogP contribution in [0.1, 0.15) is 28.4 Å². The molecule has 35 heavy (non-hydrogen) atoms. The lowest BCUT2D eigenvalue weighted by Crippen LogP contribution is -2.48. The number of carbonyl (C=O) groups is 1. The average Bonchev–Trinajstić information content (AvgIpc) is 2.85. The molecule has 11 heteroatoms. The molecule has 0 radical (unpaired) electrons. The van der Waals surface area contributed by atoms with Gasteiger partial charge in [-0.3, -0.25) is 14.8 Å². The number of benzene rings is 2. The SMILES string of the molecule is O=C(Nc1ccc(S(=O)(=O)N2C[C@@H]3C[C@H](C2)c2cccc(=O)n2C3)cc1)c1ccccc1N([O-])O. The fraction of sp³-hybridized carbons (Fsp3) is 0.250. The van der Waals surface area contributed by atoms with Crippen LogP contribution in [0.5, 0.6) is 0 Å². The summed E-state index contributed by atoms with van der Waals surface area (Å²) in [6.45, 7) is 1.13. The number of sulfonamides is 1. The van der Waals surface area contributed by atoms with Crippen LogP contribution in [-0.4, -0.2) is 41.5 Å². The highest BCUT2D eigenvalue weighted by Gasteiger charge is 2.39. The van der Waals surface area contributed by atoms with Gasteiger partial charge in [0.15, 0.2) is 0 Å². The maximum absolute atomic E-state index is 13.4. The molecule has 0 saturated carbocycles. The van der Waals surface area contributed by atoms with Crippen molar-refractivity contribution in [3.8, 4) is 0 Å². The Hall–Kier alpha value is -3.51. The van der Waals surface area contributed by atoms with E-state index in [2.05, 4.69) is 5.32 Å². The van der Waals surface area contributed by atoms with Crippen LogP contribution in [-0.2, 0) is 16.6 Å². The predicted molar refractivity (Wildman–Crippen MR) is 129 cm³/mol. The minimum absolute atomic E-state index is 0.0269. The van der Waals surface area contributed by atoms with Gasteiger partial charge in [0.25, 0.3) is 11.5 Å². The van der Waals surface area contributed by atoms with Crippen molar-refractivity contribution in [2.45, 2.75) is 23.8 Å². The van der Waals surface area contributed by atoms with E-state index >= 15 is 0 Å². The van der Waals surface area contributed by atoms with Gasteiger partial charge in [-0.05, 0) is 54.8 Å². The zero-order chi connectivity index (χ0) is 24.7. The third-order valence-electron chi connectivity index (χ3n) is 6.55. The molecule has 2 aliphatic heterocycles. The number of piperidine rings is 1. The minimum Gasteiger partial charge on any atom is -0.733 e. The summed E-state index contributed by atoms with van der Waals surface area (Å²) < 4.78 is 30.0. The van der Waals surface area contributed by atoms with Gasteiger partial charge < -0.3 is 20.3 Å². The number of hydrogen-bond donors (Lipinski definition) is 2. The molecule has 2 bridgehead atoms. The molecule has 1 amide bonds. The smallest absolute Gasteiger partial charge is 0.257 e. The first kappa shape index (κ1) is 23.2. The van der Waals surface area contributed by atoms with Crippen LogP contribution >= 0.6 is 0 Å². The molecule has 2 aliphatic rings. The summed E-state index contributed by atoms with van der Waals surface area (Å²) in [5.74, 6) is -0.609. The van der Waals surface area contributed by atoms with Crippen LogP contribution in [0.3, 0.4) is 0 Å². The highest BCUT2D eigenvalue weighted by Crippen LogP contribution is 2.37. The van der Waals surface area contributed by atoms with Crippen LogP contribution in [0.25, 0.3) is 0 Å². The predicted octanol–water partition coefficient (Wildman–Crippen LogP) is 2.60. The lowest BCUT2D eigenvalue weighted by Gasteiger charge is -2.42. The normalized spacial score (nSPS) is 19.6. The Morgan fingerprint density at radius 3 is 2.49 bits per heavy atom. The molecule has 0 aliphatic carbocycles. The highest BCUT2D eigenvalue weighted by molar-refractivity contribution is 7.89. The molecule has 3 aromatic rings. The summed E-state index contributed by atoms with van der Waals surface area (Å²) in [5.41, 5.74) is 0.912. The molecule has 1 saturated heterocycles. The van der Waals surface area contributed by atoms with Crippen molar-refractivity contribution in [2.24, 2.45) is 5.92 Å². The quantitative estimate of drug-likeness (QED) is 0.520. The summed E-state index contributed by atoms with van der Waals surface area (Å²) in [4.78, 5) is 24.9. The van der Waals surface area contributed by atoms with E-state index in [1.54, 1.807) is 16.7 Å². The topological polar surface area (TPSA) is 135 Å². The molecule has 0 unspecified atom stereocenters. The Morgan fingerprint density at radius 1 is 1.00 bits per heavy atom. The fourth-order valence-corrected chi connectivity index (χ4v) is 6.50. The van der Waals surface area contributed by atoms with Crippen LogP contribution in [0.4, 0.5) is 11.4 Å². The molecular weight excluding hydrogens is 472 g/mol. The third kappa shape index (κ3) is 4.34. The van der Waals surface area contributed by atoms with Gasteiger partial charge in [0.05, 0.1) is 16.1 Å². The average molecular weight is 496 g/mol. The zero-order valence-corrected chi connectivity index (χ0v) is 19.4. The summed E-state index contributed by atoms with van der Waals surface area (Å²) >= 11 is 0. The van der Waals surface area contributed by atoms with Crippen molar-refractivity contribution in [1.82, 2.24) is 8.87 Å². The number of nitrogens with one attached hydrogen (secondary N) is 1. The number of pyridine rings is 1. The van der Waals surface area contributed by atoms with Gasteiger partial charge >= 0.3 is 0 Å². The Kier molecular flexibility index (Phi) is 5.93. The van der Waals surface area contributed by atoms with Crippen LogP contribution in [0.2, 0.25) is 0 Å². The van der Waals surface area contributed by atoms with Crippen molar-refractivity contribution < 1.29 is 18.4 Å². The first-order valence-corrected chi connectivity index (χ1v) is 12.5. The number of aromatic nitrogens is 1. The van der Waals surface area contributed by atoms with Crippen LogP contribution < -0.4 is 16.1 Å². The maximum Gasteiger partial charge on any atom is 0.257 e. The second-order valence-corrected chi connectivity index (χ2v) is 10.7. The van der Waals surface area contributed by atoms with Crippen molar-refractivity contribution in [1.29, 1.82) is 0 Å². The highest BCUT2D eigenvalue weighted by atomic mass is 32.2. The number of nitrogens with zero attached hydrogens (tertiary/aromatic N) is 3. The molecule has 3 heterocycles. The molecule has 2 N–H and O–H groups in total. The van der Waals surface area contributed by atoms with E-state index in [-0.39, 0.29) is 38.8 Å². The second kappa shape index (κ2) is 8.93. The molecule has 1 aromatic heterocycles. The van der Waals surface area contributed by atoms with E-state index in [1.807, 2.05) is 6.07 Å². The van der Waals surface area contributed by atoms with E-state index in [0.29, 0.717) is 25.3 Å². The largest absolute Gasteiger partial charge is 0.733 e. The molecule has 5 rings (SSSR count). The molecule has 2 aromatic carbocycles. The summed E-state index contributed by atoms with van der Waals surface area (Å²) in [6.07, 6.45) is 0.844. The van der Waals surface area contributed by atoms with Gasteiger partial charge in [-0.25, -0.2) is 8.42 Å². The van der Waals surface area contributed by atoms with Crippen molar-refractivity contribution in [3.05, 3.63) is 93.5 Å². The molecule has 1 fully saturated rings.